The van der Waals surface area contributed by atoms with Gasteiger partial charge in [0.2, 0.25) is 0 Å². The van der Waals surface area contributed by atoms with E-state index in [1.165, 1.54) is 16.7 Å². The highest BCUT2D eigenvalue weighted by Gasteiger charge is 2.22. The third kappa shape index (κ3) is 4.94. The van der Waals surface area contributed by atoms with Crippen LogP contribution >= 0.6 is 0 Å². The summed E-state index contributed by atoms with van der Waals surface area (Å²) in [4.78, 5) is 24.4. The molecule has 35 heavy (non-hydrogen) atoms. The molecule has 0 unspecified atom stereocenters. The van der Waals surface area contributed by atoms with E-state index >= 15 is 0 Å². The molecule has 3 aromatic rings. The van der Waals surface area contributed by atoms with Crippen LogP contribution in [0, 0.1) is 12.7 Å². The first-order valence-corrected chi connectivity index (χ1v) is 11.4. The fourth-order valence-corrected chi connectivity index (χ4v) is 4.37. The van der Waals surface area contributed by atoms with Crippen molar-refractivity contribution < 1.29 is 18.3 Å². The maximum absolute atomic E-state index is 14.8. The summed E-state index contributed by atoms with van der Waals surface area (Å²) in [6, 6.07) is 4.94. The van der Waals surface area contributed by atoms with Crippen molar-refractivity contribution in [3.63, 3.8) is 0 Å². The normalized spacial score (nSPS) is 15.5. The summed E-state index contributed by atoms with van der Waals surface area (Å²) in [6.07, 6.45) is -0.235. The van der Waals surface area contributed by atoms with Crippen LogP contribution in [0.4, 0.5) is 19.0 Å². The van der Waals surface area contributed by atoms with Gasteiger partial charge in [0.25, 0.3) is 12.0 Å². The summed E-state index contributed by atoms with van der Waals surface area (Å²) in [5.74, 6) is -0.249. The third-order valence-corrected chi connectivity index (χ3v) is 6.25. The number of hydrogen-bond acceptors (Lipinski definition) is 6. The number of likely N-dealkylation sites (N-methyl/N-ethyl adjacent to an activating group) is 1. The summed E-state index contributed by atoms with van der Waals surface area (Å²) in [6.45, 7) is 4.62. The summed E-state index contributed by atoms with van der Waals surface area (Å²) < 4.78 is 42.6. The largest absolute Gasteiger partial charge is 0.395 e. The van der Waals surface area contributed by atoms with Crippen molar-refractivity contribution in [1.82, 2.24) is 19.4 Å². The van der Waals surface area contributed by atoms with Gasteiger partial charge in [-0.05, 0) is 39.0 Å². The molecule has 7 nitrogen and oxygen atoms in total. The molecule has 1 aromatic carbocycles. The van der Waals surface area contributed by atoms with Crippen LogP contribution in [0.5, 0.6) is 0 Å². The van der Waals surface area contributed by atoms with Gasteiger partial charge in [-0.1, -0.05) is 24.3 Å². The van der Waals surface area contributed by atoms with Crippen LogP contribution in [-0.2, 0) is 6.54 Å². The van der Waals surface area contributed by atoms with E-state index < -0.39 is 23.8 Å². The molecule has 1 aliphatic rings. The average molecular weight is 488 g/mol. The van der Waals surface area contributed by atoms with E-state index in [4.69, 9.17) is 0 Å². The molecule has 1 atom stereocenters. The molecule has 1 aliphatic heterocycles. The lowest BCUT2D eigenvalue weighted by Gasteiger charge is -2.23. The fraction of sp³-hybridized carbons (Fsp3) is 0.400. The zero-order valence-corrected chi connectivity index (χ0v) is 19.9. The first-order chi connectivity index (χ1) is 16.7. The number of fused-ring (bicyclic) bond motifs is 1. The van der Waals surface area contributed by atoms with Crippen LogP contribution in [-0.4, -0.2) is 51.3 Å². The second kappa shape index (κ2) is 10.2. The fourth-order valence-electron chi connectivity index (χ4n) is 4.37. The number of hydrogen-bond donors (Lipinski definition) is 2. The highest BCUT2D eigenvalue weighted by atomic mass is 19.3. The number of alkyl halides is 2. The van der Waals surface area contributed by atoms with Crippen molar-refractivity contribution in [1.29, 1.82) is 0 Å². The van der Waals surface area contributed by atoms with Gasteiger partial charge in [-0.15, -0.1) is 0 Å². The monoisotopic (exact) mass is 487 g/mol. The number of benzene rings is 1. The van der Waals surface area contributed by atoms with Gasteiger partial charge in [0.15, 0.2) is 0 Å². The van der Waals surface area contributed by atoms with Gasteiger partial charge >= 0.3 is 0 Å². The van der Waals surface area contributed by atoms with Gasteiger partial charge in [-0.3, -0.25) is 9.36 Å². The molecule has 0 fully saturated rings. The van der Waals surface area contributed by atoms with Gasteiger partial charge < -0.3 is 15.3 Å². The van der Waals surface area contributed by atoms with Crippen molar-refractivity contribution >= 4 is 22.4 Å². The lowest BCUT2D eigenvalue weighted by molar-refractivity contribution is 0.146. The third-order valence-electron chi connectivity index (χ3n) is 6.25. The number of aliphatic hydroxyl groups excluding tert-OH is 1. The number of aliphatic hydroxyl groups is 1. The predicted molar refractivity (Wildman–Crippen MR) is 129 cm³/mol. The zero-order valence-electron chi connectivity index (χ0n) is 19.9. The van der Waals surface area contributed by atoms with E-state index in [0.717, 1.165) is 18.2 Å². The number of nitrogens with zero attached hydrogens (tertiary/aromatic N) is 4. The van der Waals surface area contributed by atoms with Crippen molar-refractivity contribution in [2.75, 3.05) is 32.1 Å². The minimum Gasteiger partial charge on any atom is -0.395 e. The lowest BCUT2D eigenvalue weighted by atomic mass is 9.99. The summed E-state index contributed by atoms with van der Waals surface area (Å²) in [7, 11) is 2.00. The smallest absolute Gasteiger partial charge is 0.266 e. The Morgan fingerprint density at radius 3 is 2.63 bits per heavy atom. The Bertz CT molecular complexity index is 1340. The van der Waals surface area contributed by atoms with Gasteiger partial charge in [0, 0.05) is 24.2 Å². The molecule has 0 bridgehead atoms. The Morgan fingerprint density at radius 2 is 1.97 bits per heavy atom. The van der Waals surface area contributed by atoms with Gasteiger partial charge in [0.1, 0.15) is 23.1 Å². The van der Waals surface area contributed by atoms with Gasteiger partial charge in [-0.25, -0.2) is 23.1 Å². The van der Waals surface area contributed by atoms with Gasteiger partial charge in [-0.2, -0.15) is 0 Å². The van der Waals surface area contributed by atoms with Crippen molar-refractivity contribution in [3.05, 3.63) is 69.0 Å². The Kier molecular flexibility index (Phi) is 7.23. The number of rotatable bonds is 7. The van der Waals surface area contributed by atoms with Crippen LogP contribution in [0.15, 0.2) is 35.1 Å². The van der Waals surface area contributed by atoms with Crippen molar-refractivity contribution in [2.45, 2.75) is 39.3 Å². The molecule has 0 saturated carbocycles. The standard InChI is InChI=1S/C25H28F3N5O2/c1-14(17-5-4-6-18(21(17)26)22(27)28)29-23-20-13-19(16-7-9-32(3)10-8-16)25(35)33(11-12-34)24(20)31-15(2)30-23/h4-7,13-14,22,34H,8-12H2,1-3H3,(H,29,30,31)/t14-/m1/s1. The van der Waals surface area contributed by atoms with Crippen LogP contribution < -0.4 is 10.9 Å². The maximum Gasteiger partial charge on any atom is 0.266 e. The highest BCUT2D eigenvalue weighted by molar-refractivity contribution is 5.90. The van der Waals surface area contributed by atoms with E-state index in [1.807, 2.05) is 13.1 Å². The molecular weight excluding hydrogens is 459 g/mol. The molecular formula is C25H28F3N5O2. The molecule has 0 saturated heterocycles. The van der Waals surface area contributed by atoms with E-state index in [0.29, 0.717) is 41.2 Å². The number of pyridine rings is 1. The zero-order chi connectivity index (χ0) is 25.3. The topological polar surface area (TPSA) is 83.3 Å². The van der Waals surface area contributed by atoms with Crippen LogP contribution in [0.25, 0.3) is 16.6 Å². The van der Waals surface area contributed by atoms with Crippen LogP contribution in [0.3, 0.4) is 0 Å². The summed E-state index contributed by atoms with van der Waals surface area (Å²) in [5, 5.41) is 13.3. The Labute approximate surface area is 200 Å². The van der Waals surface area contributed by atoms with E-state index in [1.54, 1.807) is 19.9 Å². The summed E-state index contributed by atoms with van der Waals surface area (Å²) in [5.41, 5.74) is 0.896. The molecule has 4 rings (SSSR count). The van der Waals surface area contributed by atoms with E-state index in [9.17, 15) is 23.1 Å². The molecule has 10 heteroatoms. The lowest BCUT2D eigenvalue weighted by Crippen LogP contribution is -2.29. The highest BCUT2D eigenvalue weighted by Crippen LogP contribution is 2.31. The molecule has 0 spiro atoms. The Balaban J connectivity index is 1.86. The minimum absolute atomic E-state index is 0.0485. The number of nitrogens with one attached hydrogen (secondary N) is 1. The average Bonchev–Trinajstić information content (AvgIpc) is 2.81. The SMILES string of the molecule is Cc1nc(N[C@H](C)c2cccc(C(F)F)c2F)c2cc(C3=CCN(C)CC3)c(=O)n(CCO)c2n1. The predicted octanol–water partition coefficient (Wildman–Crippen LogP) is 4.06. The minimum atomic E-state index is -2.93. The quantitative estimate of drug-likeness (QED) is 0.523. The first kappa shape index (κ1) is 24.9. The van der Waals surface area contributed by atoms with E-state index in [2.05, 4.69) is 20.2 Å². The molecule has 2 N–H and O–H groups in total. The van der Waals surface area contributed by atoms with Crippen molar-refractivity contribution in [3.8, 4) is 0 Å². The molecule has 3 heterocycles. The Morgan fingerprint density at radius 1 is 1.23 bits per heavy atom. The molecule has 186 valence electrons. The molecule has 0 radical (unpaired) electrons. The number of aromatic nitrogens is 3. The molecule has 0 amide bonds. The molecule has 2 aromatic heterocycles. The Hall–Kier alpha value is -3.24. The van der Waals surface area contributed by atoms with Crippen molar-refractivity contribution in [2.24, 2.45) is 0 Å². The van der Waals surface area contributed by atoms with Crippen LogP contribution in [0.2, 0.25) is 0 Å². The second-order valence-electron chi connectivity index (χ2n) is 8.75. The van der Waals surface area contributed by atoms with E-state index in [-0.39, 0.29) is 24.3 Å². The van der Waals surface area contributed by atoms with Gasteiger partial charge in [0.05, 0.1) is 30.1 Å². The number of halogens is 3. The number of aryl methyl sites for hydroxylation is 1. The maximum atomic E-state index is 14.8. The second-order valence-corrected chi connectivity index (χ2v) is 8.75. The number of anilines is 1. The molecule has 0 aliphatic carbocycles. The first-order valence-electron chi connectivity index (χ1n) is 11.4. The summed E-state index contributed by atoms with van der Waals surface area (Å²) >= 11 is 0. The van der Waals surface area contributed by atoms with Crippen LogP contribution in [0.1, 0.15) is 48.3 Å².